The van der Waals surface area contributed by atoms with E-state index in [1.54, 1.807) is 12.1 Å². The minimum atomic E-state index is -1.82. The highest BCUT2D eigenvalue weighted by molar-refractivity contribution is 5.95. The van der Waals surface area contributed by atoms with Crippen molar-refractivity contribution in [3.63, 3.8) is 0 Å². The van der Waals surface area contributed by atoms with Gasteiger partial charge in [-0.2, -0.15) is 0 Å². The van der Waals surface area contributed by atoms with Crippen LogP contribution >= 0.6 is 0 Å². The zero-order valence-electron chi connectivity index (χ0n) is 22.2. The molecule has 0 aromatic heterocycles. The SMILES string of the molecule is NC(Cc1ccc(O)cc1)C(=O)NC(CCC(=O)O)C(=O)NC(Cc1ccc(O)cc1)C(=O)NC(CC(=O)O)C(=O)O. The van der Waals surface area contributed by atoms with Crippen LogP contribution in [0.2, 0.25) is 0 Å². The van der Waals surface area contributed by atoms with E-state index in [0.29, 0.717) is 11.1 Å². The third-order valence-corrected chi connectivity index (χ3v) is 6.01. The molecule has 0 heterocycles. The summed E-state index contributed by atoms with van der Waals surface area (Å²) in [7, 11) is 0. The number of benzene rings is 2. The molecule has 10 N–H and O–H groups in total. The van der Waals surface area contributed by atoms with Crippen molar-refractivity contribution in [2.24, 2.45) is 5.73 Å². The second kappa shape index (κ2) is 15.6. The summed E-state index contributed by atoms with van der Waals surface area (Å²) in [4.78, 5) is 72.8. The molecule has 15 heteroatoms. The second-order valence-corrected chi connectivity index (χ2v) is 9.40. The van der Waals surface area contributed by atoms with E-state index in [0.717, 1.165) is 0 Å². The molecule has 4 unspecified atom stereocenters. The molecule has 0 spiro atoms. The number of carboxylic acids is 3. The molecule has 2 rings (SSSR count). The van der Waals surface area contributed by atoms with Crippen molar-refractivity contribution in [1.82, 2.24) is 16.0 Å². The Bertz CT molecular complexity index is 1280. The standard InChI is InChI=1S/C27H32N4O11/c28-18(11-14-1-5-16(32)6-2-14)24(38)29-19(9-10-22(34)35)25(39)30-20(12-15-3-7-17(33)8-4-15)26(40)31-21(27(41)42)13-23(36)37/h1-8,18-21,32-33H,9-13,28H2,(H,29,38)(H,30,39)(H,31,40)(H,34,35)(H,36,37)(H,41,42). The summed E-state index contributed by atoms with van der Waals surface area (Å²) < 4.78 is 0. The molecule has 15 nitrogen and oxygen atoms in total. The summed E-state index contributed by atoms with van der Waals surface area (Å²) in [5.74, 6) is -7.33. The van der Waals surface area contributed by atoms with Gasteiger partial charge in [0.05, 0.1) is 12.5 Å². The van der Waals surface area contributed by atoms with Crippen molar-refractivity contribution in [3.05, 3.63) is 59.7 Å². The Kier molecular flexibility index (Phi) is 12.2. The fourth-order valence-electron chi connectivity index (χ4n) is 3.79. The quantitative estimate of drug-likeness (QED) is 0.115. The predicted molar refractivity (Wildman–Crippen MR) is 144 cm³/mol. The van der Waals surface area contributed by atoms with E-state index in [2.05, 4.69) is 16.0 Å². The minimum absolute atomic E-state index is 0.00529. The number of hydrogen-bond acceptors (Lipinski definition) is 9. The lowest BCUT2D eigenvalue weighted by atomic mass is 10.0. The maximum absolute atomic E-state index is 13.2. The van der Waals surface area contributed by atoms with Gasteiger partial charge in [0.2, 0.25) is 17.7 Å². The third kappa shape index (κ3) is 11.1. The van der Waals surface area contributed by atoms with Crippen molar-refractivity contribution >= 4 is 35.6 Å². The van der Waals surface area contributed by atoms with Crippen LogP contribution < -0.4 is 21.7 Å². The molecule has 42 heavy (non-hydrogen) atoms. The van der Waals surface area contributed by atoms with Crippen molar-refractivity contribution in [2.75, 3.05) is 0 Å². The van der Waals surface area contributed by atoms with Crippen LogP contribution in [0.15, 0.2) is 48.5 Å². The Morgan fingerprint density at radius 2 is 1.07 bits per heavy atom. The highest BCUT2D eigenvalue weighted by atomic mass is 16.4. The Hall–Kier alpha value is -5.18. The number of amides is 3. The van der Waals surface area contributed by atoms with Gasteiger partial charge in [-0.25, -0.2) is 4.79 Å². The first-order chi connectivity index (χ1) is 19.7. The molecule has 0 fully saturated rings. The van der Waals surface area contributed by atoms with Crippen molar-refractivity contribution in [3.8, 4) is 11.5 Å². The summed E-state index contributed by atoms with van der Waals surface area (Å²) in [6.07, 6.45) is -2.09. The number of hydrogen-bond donors (Lipinski definition) is 9. The first kappa shape index (κ1) is 33.0. The van der Waals surface area contributed by atoms with Gasteiger partial charge in [-0.15, -0.1) is 0 Å². The number of rotatable bonds is 16. The Labute approximate surface area is 239 Å². The predicted octanol–water partition coefficient (Wildman–Crippen LogP) is -0.911. The van der Waals surface area contributed by atoms with Gasteiger partial charge in [-0.3, -0.25) is 24.0 Å². The van der Waals surface area contributed by atoms with E-state index in [1.165, 1.54) is 36.4 Å². The Balaban J connectivity index is 2.25. The monoisotopic (exact) mass is 588 g/mol. The average Bonchev–Trinajstić information content (AvgIpc) is 2.91. The molecule has 0 saturated carbocycles. The smallest absolute Gasteiger partial charge is 0.326 e. The average molecular weight is 589 g/mol. The van der Waals surface area contributed by atoms with Gasteiger partial charge in [0.25, 0.3) is 0 Å². The topological polar surface area (TPSA) is 266 Å². The van der Waals surface area contributed by atoms with Crippen LogP contribution in [0.3, 0.4) is 0 Å². The molecular weight excluding hydrogens is 556 g/mol. The van der Waals surface area contributed by atoms with Crippen molar-refractivity contribution < 1.29 is 54.3 Å². The lowest BCUT2D eigenvalue weighted by Crippen LogP contribution is -2.58. The molecule has 0 radical (unpaired) electrons. The number of aliphatic carboxylic acids is 3. The fourth-order valence-corrected chi connectivity index (χ4v) is 3.79. The number of aromatic hydroxyl groups is 2. The van der Waals surface area contributed by atoms with Gasteiger partial charge in [0.1, 0.15) is 29.6 Å². The number of carbonyl (C=O) groups excluding carboxylic acids is 3. The number of nitrogens with one attached hydrogen (secondary N) is 3. The zero-order chi connectivity index (χ0) is 31.4. The summed E-state index contributed by atoms with van der Waals surface area (Å²) in [6, 6.07) is 5.39. The summed E-state index contributed by atoms with van der Waals surface area (Å²) in [5.41, 5.74) is 6.98. The molecule has 0 saturated heterocycles. The van der Waals surface area contributed by atoms with Gasteiger partial charge in [-0.1, -0.05) is 24.3 Å². The maximum Gasteiger partial charge on any atom is 0.326 e. The largest absolute Gasteiger partial charge is 0.508 e. The van der Waals surface area contributed by atoms with Crippen LogP contribution in [0.5, 0.6) is 11.5 Å². The van der Waals surface area contributed by atoms with Crippen LogP contribution in [0, 0.1) is 0 Å². The maximum atomic E-state index is 13.2. The highest BCUT2D eigenvalue weighted by Gasteiger charge is 2.31. The fraction of sp³-hybridized carbons (Fsp3) is 0.333. The van der Waals surface area contributed by atoms with E-state index in [9.17, 15) is 44.1 Å². The van der Waals surface area contributed by atoms with Crippen molar-refractivity contribution in [1.29, 1.82) is 0 Å². The Morgan fingerprint density at radius 1 is 0.619 bits per heavy atom. The van der Waals surface area contributed by atoms with Gasteiger partial charge >= 0.3 is 17.9 Å². The van der Waals surface area contributed by atoms with Gasteiger partial charge in [0, 0.05) is 12.8 Å². The first-order valence-electron chi connectivity index (χ1n) is 12.6. The van der Waals surface area contributed by atoms with E-state index in [-0.39, 0.29) is 30.8 Å². The Morgan fingerprint density at radius 3 is 1.55 bits per heavy atom. The van der Waals surface area contributed by atoms with Crippen molar-refractivity contribution in [2.45, 2.75) is 56.3 Å². The molecule has 226 valence electrons. The molecule has 4 atom stereocenters. The lowest BCUT2D eigenvalue weighted by Gasteiger charge is -2.25. The second-order valence-electron chi connectivity index (χ2n) is 9.40. The van der Waals surface area contributed by atoms with E-state index in [4.69, 9.17) is 15.9 Å². The van der Waals surface area contributed by atoms with Gasteiger partial charge in [-0.05, 0) is 48.2 Å². The van der Waals surface area contributed by atoms with Crippen LogP contribution in [0.25, 0.3) is 0 Å². The van der Waals surface area contributed by atoms with Gasteiger partial charge < -0.3 is 47.2 Å². The molecule has 2 aromatic rings. The first-order valence-corrected chi connectivity index (χ1v) is 12.6. The number of nitrogens with two attached hydrogens (primary N) is 1. The van der Waals surface area contributed by atoms with Crippen LogP contribution in [-0.4, -0.2) is 85.3 Å². The molecule has 0 aliphatic heterocycles. The summed E-state index contributed by atoms with van der Waals surface area (Å²) in [6.45, 7) is 0. The molecule has 3 amide bonds. The highest BCUT2D eigenvalue weighted by Crippen LogP contribution is 2.13. The number of phenolic OH excluding ortho intramolecular Hbond substituents is 2. The summed E-state index contributed by atoms with van der Waals surface area (Å²) in [5, 5.41) is 53.2. The molecular formula is C27H32N4O11. The molecule has 0 aliphatic carbocycles. The lowest BCUT2D eigenvalue weighted by molar-refractivity contribution is -0.147. The van der Waals surface area contributed by atoms with Crippen LogP contribution in [0.1, 0.15) is 30.4 Å². The molecule has 0 aliphatic rings. The molecule has 2 aromatic carbocycles. The van der Waals surface area contributed by atoms with E-state index < -0.39 is 72.6 Å². The van der Waals surface area contributed by atoms with E-state index >= 15 is 0 Å². The third-order valence-electron chi connectivity index (χ3n) is 6.01. The number of phenols is 2. The summed E-state index contributed by atoms with van der Waals surface area (Å²) >= 11 is 0. The number of carboxylic acid groups (broad SMARTS) is 3. The van der Waals surface area contributed by atoms with Crippen LogP contribution in [-0.2, 0) is 41.6 Å². The normalized spacial score (nSPS) is 13.5. The number of carbonyl (C=O) groups is 6. The van der Waals surface area contributed by atoms with Crippen LogP contribution in [0.4, 0.5) is 0 Å². The minimum Gasteiger partial charge on any atom is -0.508 e. The van der Waals surface area contributed by atoms with Gasteiger partial charge in [0.15, 0.2) is 0 Å². The molecule has 0 bridgehead atoms. The zero-order valence-corrected chi connectivity index (χ0v) is 22.2. The van der Waals surface area contributed by atoms with E-state index in [1.807, 2.05) is 0 Å².